The van der Waals surface area contributed by atoms with E-state index in [4.69, 9.17) is 9.84 Å². The second-order valence-electron chi connectivity index (χ2n) is 5.31. The molecule has 2 rings (SSSR count). The molecule has 0 radical (unpaired) electrons. The molecule has 1 atom stereocenters. The van der Waals surface area contributed by atoms with E-state index in [1.54, 1.807) is 6.92 Å². The summed E-state index contributed by atoms with van der Waals surface area (Å²) in [6.45, 7) is 4.17. The van der Waals surface area contributed by atoms with E-state index in [1.165, 1.54) is 11.1 Å². The Hall–Kier alpha value is -1.55. The van der Waals surface area contributed by atoms with Crippen LogP contribution in [-0.2, 0) is 17.8 Å². The number of carboxylic acid groups (broad SMARTS) is 1. The van der Waals surface area contributed by atoms with Crippen LogP contribution in [0.1, 0.15) is 24.5 Å². The van der Waals surface area contributed by atoms with Crippen LogP contribution in [0.2, 0.25) is 0 Å². The molecule has 1 unspecified atom stereocenters. The van der Waals surface area contributed by atoms with E-state index in [-0.39, 0.29) is 5.92 Å². The Morgan fingerprint density at radius 3 is 3.05 bits per heavy atom. The van der Waals surface area contributed by atoms with Crippen molar-refractivity contribution in [2.75, 3.05) is 20.2 Å². The van der Waals surface area contributed by atoms with Crippen LogP contribution in [0.15, 0.2) is 18.2 Å². The van der Waals surface area contributed by atoms with Crippen molar-refractivity contribution < 1.29 is 14.6 Å². The van der Waals surface area contributed by atoms with Gasteiger partial charge in [0.25, 0.3) is 0 Å². The van der Waals surface area contributed by atoms with E-state index in [0.717, 1.165) is 31.9 Å². The molecule has 1 aromatic rings. The molecule has 0 aromatic heterocycles. The van der Waals surface area contributed by atoms with Gasteiger partial charge in [-0.15, -0.1) is 0 Å². The average Bonchev–Trinajstić information content (AvgIpc) is 2.83. The smallest absolute Gasteiger partial charge is 0.306 e. The lowest BCUT2D eigenvalue weighted by molar-refractivity contribution is -0.141. The molecule has 0 saturated carbocycles. The highest BCUT2D eigenvalue weighted by Gasteiger charge is 2.14. The Kier molecular flexibility index (Phi) is 4.43. The number of carbonyl (C=O) groups is 1. The lowest BCUT2D eigenvalue weighted by Gasteiger charge is -2.18. The van der Waals surface area contributed by atoms with Gasteiger partial charge in [0.1, 0.15) is 5.75 Å². The number of carboxylic acids is 1. The molecule has 1 aliphatic heterocycles. The second-order valence-corrected chi connectivity index (χ2v) is 5.31. The molecule has 0 bridgehead atoms. The predicted octanol–water partition coefficient (Wildman–Crippen LogP) is 2.16. The van der Waals surface area contributed by atoms with E-state index >= 15 is 0 Å². The molecule has 1 aromatic carbocycles. The van der Waals surface area contributed by atoms with Crippen molar-refractivity contribution in [1.82, 2.24) is 4.90 Å². The van der Waals surface area contributed by atoms with Crippen molar-refractivity contribution in [3.05, 3.63) is 29.3 Å². The minimum Gasteiger partial charge on any atom is -0.493 e. The summed E-state index contributed by atoms with van der Waals surface area (Å²) in [5.41, 5.74) is 2.54. The number of benzene rings is 1. The zero-order valence-electron chi connectivity index (χ0n) is 11.6. The van der Waals surface area contributed by atoms with Crippen LogP contribution < -0.4 is 4.74 Å². The van der Waals surface area contributed by atoms with E-state index in [1.807, 2.05) is 13.1 Å². The number of hydrogen-bond donors (Lipinski definition) is 1. The maximum atomic E-state index is 10.8. The molecule has 1 aliphatic rings. The molecule has 4 heteroatoms. The Balaban J connectivity index is 1.85. The van der Waals surface area contributed by atoms with Crippen molar-refractivity contribution in [1.29, 1.82) is 0 Å². The second kappa shape index (κ2) is 6.06. The molecule has 104 valence electrons. The third kappa shape index (κ3) is 3.70. The van der Waals surface area contributed by atoms with Gasteiger partial charge in [-0.3, -0.25) is 4.79 Å². The number of aliphatic carboxylic acids is 1. The molecule has 0 amide bonds. The maximum Gasteiger partial charge on any atom is 0.306 e. The normalized spacial score (nSPS) is 15.1. The number of ether oxygens (including phenoxy) is 1. The maximum absolute atomic E-state index is 10.8. The van der Waals surface area contributed by atoms with Gasteiger partial charge in [-0.1, -0.05) is 19.1 Å². The standard InChI is InChI=1S/C15H21NO3/c1-11(15(17)18)5-7-16(2)10-12-3-4-14-13(9-12)6-8-19-14/h3-4,9,11H,5-8,10H2,1-2H3,(H,17,18). The van der Waals surface area contributed by atoms with E-state index in [9.17, 15) is 4.79 Å². The third-order valence-electron chi connectivity index (χ3n) is 3.57. The molecule has 19 heavy (non-hydrogen) atoms. The predicted molar refractivity (Wildman–Crippen MR) is 73.4 cm³/mol. The molecule has 0 aliphatic carbocycles. The molecule has 4 nitrogen and oxygen atoms in total. The van der Waals surface area contributed by atoms with Crippen molar-refractivity contribution in [2.45, 2.75) is 26.3 Å². The zero-order valence-corrected chi connectivity index (χ0v) is 11.6. The zero-order chi connectivity index (χ0) is 13.8. The first-order chi connectivity index (χ1) is 9.06. The fourth-order valence-corrected chi connectivity index (χ4v) is 2.27. The SMILES string of the molecule is CC(CCN(C)Cc1ccc2c(c1)CCO2)C(=O)O. The fourth-order valence-electron chi connectivity index (χ4n) is 2.27. The highest BCUT2D eigenvalue weighted by Crippen LogP contribution is 2.26. The first kappa shape index (κ1) is 13.9. The van der Waals surface area contributed by atoms with Gasteiger partial charge < -0.3 is 14.7 Å². The van der Waals surface area contributed by atoms with Gasteiger partial charge in [0.2, 0.25) is 0 Å². The highest BCUT2D eigenvalue weighted by molar-refractivity contribution is 5.69. The topological polar surface area (TPSA) is 49.8 Å². The van der Waals surface area contributed by atoms with E-state index in [0.29, 0.717) is 6.42 Å². The Labute approximate surface area is 114 Å². The van der Waals surface area contributed by atoms with Gasteiger partial charge >= 0.3 is 5.97 Å². The molecule has 0 spiro atoms. The minimum absolute atomic E-state index is 0.282. The van der Waals surface area contributed by atoms with Gasteiger partial charge in [0.15, 0.2) is 0 Å². The number of hydrogen-bond acceptors (Lipinski definition) is 3. The number of nitrogens with zero attached hydrogens (tertiary/aromatic N) is 1. The first-order valence-electron chi connectivity index (χ1n) is 6.72. The van der Waals surface area contributed by atoms with Crippen molar-refractivity contribution in [3.8, 4) is 5.75 Å². The Morgan fingerprint density at radius 1 is 1.53 bits per heavy atom. The van der Waals surface area contributed by atoms with Gasteiger partial charge in [-0.05, 0) is 37.2 Å². The molecule has 0 fully saturated rings. The molecular formula is C15H21NO3. The molecular weight excluding hydrogens is 242 g/mol. The average molecular weight is 263 g/mol. The fraction of sp³-hybridized carbons (Fsp3) is 0.533. The van der Waals surface area contributed by atoms with E-state index in [2.05, 4.69) is 17.0 Å². The summed E-state index contributed by atoms with van der Waals surface area (Å²) in [5.74, 6) is 0.00449. The van der Waals surface area contributed by atoms with E-state index < -0.39 is 5.97 Å². The summed E-state index contributed by atoms with van der Waals surface area (Å²) in [5, 5.41) is 8.86. The van der Waals surface area contributed by atoms with Crippen LogP contribution in [0.5, 0.6) is 5.75 Å². The van der Waals surface area contributed by atoms with Crippen molar-refractivity contribution in [3.63, 3.8) is 0 Å². The van der Waals surface area contributed by atoms with Crippen LogP contribution in [-0.4, -0.2) is 36.2 Å². The monoisotopic (exact) mass is 263 g/mol. The van der Waals surface area contributed by atoms with Gasteiger partial charge in [-0.25, -0.2) is 0 Å². The quantitative estimate of drug-likeness (QED) is 0.854. The first-order valence-corrected chi connectivity index (χ1v) is 6.72. The van der Waals surface area contributed by atoms with Crippen LogP contribution >= 0.6 is 0 Å². The summed E-state index contributed by atoms with van der Waals surface area (Å²) in [6.07, 6.45) is 1.67. The Bertz CT molecular complexity index is 459. The van der Waals surface area contributed by atoms with Crippen LogP contribution in [0.4, 0.5) is 0 Å². The summed E-state index contributed by atoms with van der Waals surface area (Å²) >= 11 is 0. The lowest BCUT2D eigenvalue weighted by Crippen LogP contribution is -2.23. The molecule has 0 saturated heterocycles. The van der Waals surface area contributed by atoms with Crippen LogP contribution in [0.3, 0.4) is 0 Å². The largest absolute Gasteiger partial charge is 0.493 e. The lowest BCUT2D eigenvalue weighted by atomic mass is 10.1. The summed E-state index contributed by atoms with van der Waals surface area (Å²) in [6, 6.07) is 6.31. The summed E-state index contributed by atoms with van der Waals surface area (Å²) in [7, 11) is 2.03. The third-order valence-corrected chi connectivity index (χ3v) is 3.57. The summed E-state index contributed by atoms with van der Waals surface area (Å²) in [4.78, 5) is 12.9. The minimum atomic E-state index is -0.719. The number of rotatable bonds is 6. The molecule has 1 N–H and O–H groups in total. The van der Waals surface area contributed by atoms with Gasteiger partial charge in [0.05, 0.1) is 12.5 Å². The van der Waals surface area contributed by atoms with Crippen LogP contribution in [0, 0.1) is 5.92 Å². The van der Waals surface area contributed by atoms with Crippen molar-refractivity contribution in [2.24, 2.45) is 5.92 Å². The highest BCUT2D eigenvalue weighted by atomic mass is 16.5. The van der Waals surface area contributed by atoms with Gasteiger partial charge in [-0.2, -0.15) is 0 Å². The summed E-state index contributed by atoms with van der Waals surface area (Å²) < 4.78 is 5.48. The number of fused-ring (bicyclic) bond motifs is 1. The van der Waals surface area contributed by atoms with Crippen molar-refractivity contribution >= 4 is 5.97 Å². The Morgan fingerprint density at radius 2 is 2.32 bits per heavy atom. The van der Waals surface area contributed by atoms with Gasteiger partial charge in [0, 0.05) is 13.0 Å². The molecule has 1 heterocycles. The van der Waals surface area contributed by atoms with Crippen LogP contribution in [0.25, 0.3) is 0 Å².